The molecule has 0 aromatic heterocycles. The molecule has 0 bridgehead atoms. The van der Waals surface area contributed by atoms with Crippen molar-refractivity contribution in [1.82, 2.24) is 4.72 Å². The van der Waals surface area contributed by atoms with Crippen molar-refractivity contribution >= 4 is 31.6 Å². The van der Waals surface area contributed by atoms with E-state index in [9.17, 15) is 8.42 Å². The Morgan fingerprint density at radius 1 is 1.19 bits per heavy atom. The first kappa shape index (κ1) is 16.0. The van der Waals surface area contributed by atoms with Gasteiger partial charge in [-0.05, 0) is 43.2 Å². The van der Waals surface area contributed by atoms with Crippen LogP contribution in [0.15, 0.2) is 51.8 Å². The summed E-state index contributed by atoms with van der Waals surface area (Å²) in [7, 11) is -3.63. The predicted molar refractivity (Wildman–Crippen MR) is 88.5 cm³/mol. The van der Waals surface area contributed by atoms with E-state index < -0.39 is 10.0 Å². The van der Waals surface area contributed by atoms with Crippen molar-refractivity contribution in [2.24, 2.45) is 0 Å². The SMILES string of the molecule is Cc1ccc(N)cc1S(=O)(=O)NC(C)c1ccccc1Br. The van der Waals surface area contributed by atoms with E-state index in [1.807, 2.05) is 24.3 Å². The minimum atomic E-state index is -3.63. The molecule has 0 amide bonds. The maximum Gasteiger partial charge on any atom is 0.241 e. The molecule has 21 heavy (non-hydrogen) atoms. The number of sulfonamides is 1. The molecule has 0 aliphatic rings. The maximum atomic E-state index is 12.5. The van der Waals surface area contributed by atoms with Gasteiger partial charge in [0.25, 0.3) is 0 Å². The highest BCUT2D eigenvalue weighted by Gasteiger charge is 2.21. The van der Waals surface area contributed by atoms with Crippen LogP contribution < -0.4 is 10.5 Å². The van der Waals surface area contributed by atoms with Crippen molar-refractivity contribution in [2.75, 3.05) is 5.73 Å². The van der Waals surface area contributed by atoms with Gasteiger partial charge in [0.05, 0.1) is 4.90 Å². The first-order chi connectivity index (χ1) is 9.81. The molecule has 112 valence electrons. The third-order valence-electron chi connectivity index (χ3n) is 3.21. The van der Waals surface area contributed by atoms with Gasteiger partial charge in [-0.15, -0.1) is 0 Å². The summed E-state index contributed by atoms with van der Waals surface area (Å²) in [6, 6.07) is 12.0. The number of anilines is 1. The monoisotopic (exact) mass is 368 g/mol. The van der Waals surface area contributed by atoms with Gasteiger partial charge >= 0.3 is 0 Å². The Labute approximate surface area is 133 Å². The first-order valence-corrected chi connectivity index (χ1v) is 8.72. The van der Waals surface area contributed by atoms with Crippen molar-refractivity contribution in [2.45, 2.75) is 24.8 Å². The molecule has 4 nitrogen and oxygen atoms in total. The number of aryl methyl sites for hydroxylation is 1. The molecule has 6 heteroatoms. The fraction of sp³-hybridized carbons (Fsp3) is 0.200. The summed E-state index contributed by atoms with van der Waals surface area (Å²) >= 11 is 3.43. The molecule has 2 rings (SSSR count). The molecular formula is C15H17BrN2O2S. The molecule has 1 atom stereocenters. The van der Waals surface area contributed by atoms with Crippen molar-refractivity contribution in [3.63, 3.8) is 0 Å². The van der Waals surface area contributed by atoms with E-state index in [2.05, 4.69) is 20.7 Å². The van der Waals surface area contributed by atoms with Crippen LogP contribution in [0.5, 0.6) is 0 Å². The van der Waals surface area contributed by atoms with Crippen LogP contribution in [0.1, 0.15) is 24.1 Å². The van der Waals surface area contributed by atoms with E-state index in [1.165, 1.54) is 6.07 Å². The van der Waals surface area contributed by atoms with E-state index in [0.29, 0.717) is 11.3 Å². The van der Waals surface area contributed by atoms with E-state index in [-0.39, 0.29) is 10.9 Å². The average Bonchev–Trinajstić information content (AvgIpc) is 2.41. The average molecular weight is 369 g/mol. The van der Waals surface area contributed by atoms with Gasteiger partial charge in [-0.2, -0.15) is 0 Å². The molecule has 3 N–H and O–H groups in total. The Bertz CT molecular complexity index is 760. The Morgan fingerprint density at radius 3 is 2.52 bits per heavy atom. The summed E-state index contributed by atoms with van der Waals surface area (Å²) in [4.78, 5) is 0.210. The van der Waals surface area contributed by atoms with E-state index in [4.69, 9.17) is 5.73 Å². The van der Waals surface area contributed by atoms with Gasteiger partial charge < -0.3 is 5.73 Å². The zero-order valence-corrected chi connectivity index (χ0v) is 14.2. The van der Waals surface area contributed by atoms with Gasteiger partial charge in [0, 0.05) is 16.2 Å². The van der Waals surface area contributed by atoms with E-state index in [0.717, 1.165) is 10.0 Å². The maximum absolute atomic E-state index is 12.5. The molecular weight excluding hydrogens is 352 g/mol. The molecule has 0 aliphatic carbocycles. The Kier molecular flexibility index (Phi) is 4.70. The van der Waals surface area contributed by atoms with Crippen LogP contribution in [0.25, 0.3) is 0 Å². The summed E-state index contributed by atoms with van der Waals surface area (Å²) in [6.07, 6.45) is 0. The fourth-order valence-electron chi connectivity index (χ4n) is 2.09. The summed E-state index contributed by atoms with van der Waals surface area (Å²) in [5.74, 6) is 0. The summed E-state index contributed by atoms with van der Waals surface area (Å²) in [5, 5.41) is 0. The highest BCUT2D eigenvalue weighted by molar-refractivity contribution is 9.10. The topological polar surface area (TPSA) is 72.2 Å². The van der Waals surface area contributed by atoms with Gasteiger partial charge in [-0.25, -0.2) is 13.1 Å². The normalized spacial score (nSPS) is 13.1. The number of halogens is 1. The lowest BCUT2D eigenvalue weighted by molar-refractivity contribution is 0.566. The minimum Gasteiger partial charge on any atom is -0.399 e. The second kappa shape index (κ2) is 6.17. The molecule has 0 aliphatic heterocycles. The van der Waals surface area contributed by atoms with E-state index in [1.54, 1.807) is 26.0 Å². The predicted octanol–water partition coefficient (Wildman–Crippen LogP) is 3.38. The second-order valence-corrected chi connectivity index (χ2v) is 7.43. The van der Waals surface area contributed by atoms with Crippen molar-refractivity contribution in [1.29, 1.82) is 0 Å². The van der Waals surface area contributed by atoms with Crippen molar-refractivity contribution in [3.8, 4) is 0 Å². The van der Waals surface area contributed by atoms with Crippen molar-refractivity contribution < 1.29 is 8.42 Å². The van der Waals surface area contributed by atoms with Gasteiger partial charge in [0.1, 0.15) is 0 Å². The third-order valence-corrected chi connectivity index (χ3v) is 5.61. The van der Waals surface area contributed by atoms with Crippen molar-refractivity contribution in [3.05, 3.63) is 58.1 Å². The Hall–Kier alpha value is -1.37. The molecule has 2 aromatic rings. The number of hydrogen-bond acceptors (Lipinski definition) is 3. The largest absolute Gasteiger partial charge is 0.399 e. The Balaban J connectivity index is 2.34. The summed E-state index contributed by atoms with van der Waals surface area (Å²) < 4.78 is 28.6. The lowest BCUT2D eigenvalue weighted by Gasteiger charge is -2.17. The second-order valence-electron chi connectivity index (χ2n) is 4.89. The third kappa shape index (κ3) is 3.64. The van der Waals surface area contributed by atoms with Gasteiger partial charge in [0.2, 0.25) is 10.0 Å². The number of benzene rings is 2. The zero-order valence-electron chi connectivity index (χ0n) is 11.8. The highest BCUT2D eigenvalue weighted by atomic mass is 79.9. The highest BCUT2D eigenvalue weighted by Crippen LogP contribution is 2.25. The lowest BCUT2D eigenvalue weighted by Crippen LogP contribution is -2.27. The number of nitrogens with one attached hydrogen (secondary N) is 1. The number of hydrogen-bond donors (Lipinski definition) is 2. The standard InChI is InChI=1S/C15H17BrN2O2S/c1-10-7-8-12(17)9-15(10)21(19,20)18-11(2)13-5-3-4-6-14(13)16/h3-9,11,18H,17H2,1-2H3. The molecule has 0 radical (unpaired) electrons. The quantitative estimate of drug-likeness (QED) is 0.812. The van der Waals surface area contributed by atoms with Crippen LogP contribution in [-0.4, -0.2) is 8.42 Å². The fourth-order valence-corrected chi connectivity index (χ4v) is 4.22. The minimum absolute atomic E-state index is 0.210. The summed E-state index contributed by atoms with van der Waals surface area (Å²) in [6.45, 7) is 3.55. The molecule has 0 saturated carbocycles. The summed E-state index contributed by atoms with van der Waals surface area (Å²) in [5.41, 5.74) is 7.66. The van der Waals surface area contributed by atoms with Gasteiger partial charge in [-0.1, -0.05) is 40.2 Å². The van der Waals surface area contributed by atoms with Crippen LogP contribution in [0.2, 0.25) is 0 Å². The van der Waals surface area contributed by atoms with Gasteiger partial charge in [-0.3, -0.25) is 0 Å². The van der Waals surface area contributed by atoms with Crippen LogP contribution in [0, 0.1) is 6.92 Å². The van der Waals surface area contributed by atoms with Crippen LogP contribution in [-0.2, 0) is 10.0 Å². The smallest absolute Gasteiger partial charge is 0.241 e. The zero-order chi connectivity index (χ0) is 15.6. The van der Waals surface area contributed by atoms with Crippen LogP contribution in [0.4, 0.5) is 5.69 Å². The van der Waals surface area contributed by atoms with Gasteiger partial charge in [0.15, 0.2) is 0 Å². The van der Waals surface area contributed by atoms with Crippen LogP contribution >= 0.6 is 15.9 Å². The molecule has 2 aromatic carbocycles. The molecule has 0 spiro atoms. The molecule has 0 saturated heterocycles. The number of nitrogens with two attached hydrogens (primary N) is 1. The first-order valence-electron chi connectivity index (χ1n) is 6.44. The molecule has 0 heterocycles. The Morgan fingerprint density at radius 2 is 1.86 bits per heavy atom. The lowest BCUT2D eigenvalue weighted by atomic mass is 10.1. The number of rotatable bonds is 4. The number of nitrogen functional groups attached to an aromatic ring is 1. The molecule has 1 unspecified atom stereocenters. The van der Waals surface area contributed by atoms with E-state index >= 15 is 0 Å². The van der Waals surface area contributed by atoms with Crippen LogP contribution in [0.3, 0.4) is 0 Å². The molecule has 0 fully saturated rings.